The molecule has 0 bridgehead atoms. The first-order valence-corrected chi connectivity index (χ1v) is 4.64. The number of nitrogens with one attached hydrogen (secondary N) is 3. The Balaban J connectivity index is 1.88. The molecule has 3 N–H and O–H groups in total. The quantitative estimate of drug-likeness (QED) is 0.451. The van der Waals surface area contributed by atoms with Crippen molar-refractivity contribution in [2.75, 3.05) is 32.7 Å². The second-order valence-corrected chi connectivity index (χ2v) is 3.30. The molecule has 0 amide bonds. The topological polar surface area (TPSA) is 48.5 Å². The molecule has 2 rings (SSSR count). The normalized spacial score (nSPS) is 36.7. The molecule has 2 aliphatic heterocycles. The van der Waals surface area contributed by atoms with E-state index < -0.39 is 0 Å². The molecule has 4 nitrogen and oxygen atoms in total. The minimum atomic E-state index is 0.423. The number of hydrogen-bond donors (Lipinski definition) is 3. The number of aliphatic imine (C=N–C) groups is 1. The summed E-state index contributed by atoms with van der Waals surface area (Å²) in [5.74, 6) is 0. The Kier molecular flexibility index (Phi) is 2.71. The SMILES string of the molecule is C1=NCCNC1C1CNCCN1. The highest BCUT2D eigenvalue weighted by atomic mass is 15.1. The standard InChI is InChI=1S/C8H16N4/c1-3-11-7(5-9-1)8-6-10-2-4-12-8/h5,7-8,10-12H,1-4,6H2. The zero-order valence-electron chi connectivity index (χ0n) is 7.21. The average molecular weight is 168 g/mol. The molecule has 0 spiro atoms. The summed E-state index contributed by atoms with van der Waals surface area (Å²) in [4.78, 5) is 4.28. The molecule has 68 valence electrons. The lowest BCUT2D eigenvalue weighted by Crippen LogP contribution is -2.59. The Morgan fingerprint density at radius 1 is 1.17 bits per heavy atom. The van der Waals surface area contributed by atoms with Crippen LogP contribution >= 0.6 is 0 Å². The van der Waals surface area contributed by atoms with Gasteiger partial charge < -0.3 is 16.0 Å². The Hall–Kier alpha value is -0.450. The maximum Gasteiger partial charge on any atom is 0.0589 e. The average Bonchev–Trinajstić information content (AvgIpc) is 2.21. The van der Waals surface area contributed by atoms with Crippen LogP contribution in [0.1, 0.15) is 0 Å². The molecular formula is C8H16N4. The Bertz CT molecular complexity index is 162. The van der Waals surface area contributed by atoms with Crippen LogP contribution in [0, 0.1) is 0 Å². The summed E-state index contributed by atoms with van der Waals surface area (Å²) in [6.45, 7) is 5.14. The summed E-state index contributed by atoms with van der Waals surface area (Å²) in [6, 6.07) is 0.939. The van der Waals surface area contributed by atoms with Crippen molar-refractivity contribution in [3.63, 3.8) is 0 Å². The lowest BCUT2D eigenvalue weighted by atomic mass is 10.1. The summed E-state index contributed by atoms with van der Waals surface area (Å²) < 4.78 is 0. The number of hydrogen-bond acceptors (Lipinski definition) is 4. The number of nitrogens with zero attached hydrogens (tertiary/aromatic N) is 1. The van der Waals surface area contributed by atoms with Crippen molar-refractivity contribution in [2.45, 2.75) is 12.1 Å². The van der Waals surface area contributed by atoms with Crippen LogP contribution in [0.25, 0.3) is 0 Å². The maximum absolute atomic E-state index is 4.28. The first kappa shape index (κ1) is 8.16. The molecule has 12 heavy (non-hydrogen) atoms. The van der Waals surface area contributed by atoms with Crippen molar-refractivity contribution in [1.82, 2.24) is 16.0 Å². The predicted octanol–water partition coefficient (Wildman–Crippen LogP) is -1.41. The minimum Gasteiger partial charge on any atom is -0.314 e. The third-order valence-corrected chi connectivity index (χ3v) is 2.39. The molecule has 2 heterocycles. The van der Waals surface area contributed by atoms with E-state index >= 15 is 0 Å². The second-order valence-electron chi connectivity index (χ2n) is 3.30. The third kappa shape index (κ3) is 1.83. The van der Waals surface area contributed by atoms with Gasteiger partial charge in [-0.25, -0.2) is 0 Å². The Labute approximate surface area is 72.8 Å². The van der Waals surface area contributed by atoms with Gasteiger partial charge in [-0.15, -0.1) is 0 Å². The molecule has 0 aromatic rings. The molecule has 0 radical (unpaired) electrons. The zero-order chi connectivity index (χ0) is 8.23. The van der Waals surface area contributed by atoms with E-state index in [-0.39, 0.29) is 0 Å². The van der Waals surface area contributed by atoms with Gasteiger partial charge in [0, 0.05) is 38.4 Å². The van der Waals surface area contributed by atoms with E-state index in [1.807, 2.05) is 6.21 Å². The van der Waals surface area contributed by atoms with E-state index in [0.29, 0.717) is 12.1 Å². The largest absolute Gasteiger partial charge is 0.314 e. The van der Waals surface area contributed by atoms with Gasteiger partial charge in [0.15, 0.2) is 0 Å². The minimum absolute atomic E-state index is 0.423. The summed E-state index contributed by atoms with van der Waals surface area (Å²) in [5, 5.41) is 10.3. The van der Waals surface area contributed by atoms with Gasteiger partial charge in [0.1, 0.15) is 0 Å². The predicted molar refractivity (Wildman–Crippen MR) is 49.8 cm³/mol. The highest BCUT2D eigenvalue weighted by Gasteiger charge is 2.21. The molecule has 2 atom stereocenters. The van der Waals surface area contributed by atoms with Crippen molar-refractivity contribution in [3.8, 4) is 0 Å². The van der Waals surface area contributed by atoms with Crippen LogP contribution in [-0.2, 0) is 0 Å². The fourth-order valence-electron chi connectivity index (χ4n) is 1.71. The molecular weight excluding hydrogens is 152 g/mol. The van der Waals surface area contributed by atoms with Crippen LogP contribution < -0.4 is 16.0 Å². The lowest BCUT2D eigenvalue weighted by Gasteiger charge is -2.31. The van der Waals surface area contributed by atoms with Crippen LogP contribution in [-0.4, -0.2) is 51.0 Å². The van der Waals surface area contributed by atoms with E-state index in [4.69, 9.17) is 0 Å². The van der Waals surface area contributed by atoms with Crippen molar-refractivity contribution >= 4 is 6.21 Å². The molecule has 0 aromatic carbocycles. The van der Waals surface area contributed by atoms with Gasteiger partial charge in [0.05, 0.1) is 12.6 Å². The Morgan fingerprint density at radius 2 is 2.17 bits per heavy atom. The van der Waals surface area contributed by atoms with E-state index in [2.05, 4.69) is 20.9 Å². The fourth-order valence-corrected chi connectivity index (χ4v) is 1.71. The summed E-state index contributed by atoms with van der Waals surface area (Å²) >= 11 is 0. The molecule has 0 aromatic heterocycles. The maximum atomic E-state index is 4.28. The molecule has 4 heteroatoms. The highest BCUT2D eigenvalue weighted by Crippen LogP contribution is 1.96. The molecule has 0 aliphatic carbocycles. The zero-order valence-corrected chi connectivity index (χ0v) is 7.21. The summed E-state index contributed by atoms with van der Waals surface area (Å²) in [6.07, 6.45) is 2.04. The molecule has 2 aliphatic rings. The molecule has 2 unspecified atom stereocenters. The van der Waals surface area contributed by atoms with Gasteiger partial charge in [0.25, 0.3) is 0 Å². The first-order chi connectivity index (χ1) is 5.97. The fraction of sp³-hybridized carbons (Fsp3) is 0.875. The van der Waals surface area contributed by atoms with Crippen molar-refractivity contribution in [1.29, 1.82) is 0 Å². The van der Waals surface area contributed by atoms with Gasteiger partial charge in [0.2, 0.25) is 0 Å². The monoisotopic (exact) mass is 168 g/mol. The van der Waals surface area contributed by atoms with Gasteiger partial charge in [-0.2, -0.15) is 0 Å². The van der Waals surface area contributed by atoms with Crippen LogP contribution in [0.2, 0.25) is 0 Å². The number of piperazine rings is 1. The van der Waals surface area contributed by atoms with Crippen LogP contribution in [0.3, 0.4) is 0 Å². The van der Waals surface area contributed by atoms with Gasteiger partial charge in [-0.1, -0.05) is 0 Å². The van der Waals surface area contributed by atoms with Crippen molar-refractivity contribution < 1.29 is 0 Å². The van der Waals surface area contributed by atoms with Crippen molar-refractivity contribution in [3.05, 3.63) is 0 Å². The second kappa shape index (κ2) is 3.98. The first-order valence-electron chi connectivity index (χ1n) is 4.64. The van der Waals surface area contributed by atoms with E-state index in [0.717, 1.165) is 32.7 Å². The van der Waals surface area contributed by atoms with E-state index in [1.165, 1.54) is 0 Å². The smallest absolute Gasteiger partial charge is 0.0589 e. The molecule has 0 saturated carbocycles. The van der Waals surface area contributed by atoms with Crippen LogP contribution in [0.5, 0.6) is 0 Å². The third-order valence-electron chi connectivity index (χ3n) is 2.39. The van der Waals surface area contributed by atoms with E-state index in [9.17, 15) is 0 Å². The van der Waals surface area contributed by atoms with Gasteiger partial charge >= 0.3 is 0 Å². The number of rotatable bonds is 1. The van der Waals surface area contributed by atoms with E-state index in [1.54, 1.807) is 0 Å². The van der Waals surface area contributed by atoms with Gasteiger partial charge in [-0.3, -0.25) is 4.99 Å². The highest BCUT2D eigenvalue weighted by molar-refractivity contribution is 5.66. The lowest BCUT2D eigenvalue weighted by molar-refractivity contribution is 0.369. The summed E-state index contributed by atoms with van der Waals surface area (Å²) in [5.41, 5.74) is 0. The molecule has 1 saturated heterocycles. The van der Waals surface area contributed by atoms with Gasteiger partial charge in [-0.05, 0) is 0 Å². The Morgan fingerprint density at radius 3 is 2.83 bits per heavy atom. The van der Waals surface area contributed by atoms with Crippen LogP contribution in [0.15, 0.2) is 4.99 Å². The molecule has 1 fully saturated rings. The van der Waals surface area contributed by atoms with Crippen LogP contribution in [0.4, 0.5) is 0 Å². The summed E-state index contributed by atoms with van der Waals surface area (Å²) in [7, 11) is 0. The van der Waals surface area contributed by atoms with Crippen molar-refractivity contribution in [2.24, 2.45) is 4.99 Å².